The Labute approximate surface area is 181 Å². The second-order valence-corrected chi connectivity index (χ2v) is 8.49. The van der Waals surface area contributed by atoms with Crippen LogP contribution in [-0.4, -0.2) is 66.5 Å². The molecule has 31 heavy (non-hydrogen) atoms. The van der Waals surface area contributed by atoms with Crippen LogP contribution in [0.25, 0.3) is 11.3 Å². The number of benzene rings is 1. The maximum atomic E-state index is 13.4. The molecule has 0 atom stereocenters. The molecular weight excluding hydrogens is 433 g/mol. The van der Waals surface area contributed by atoms with Crippen LogP contribution in [0, 0.1) is 0 Å². The minimum atomic E-state index is -4.61. The summed E-state index contributed by atoms with van der Waals surface area (Å²) in [6, 6.07) is 5.77. The lowest BCUT2D eigenvalue weighted by molar-refractivity contribution is -0.883. The number of halogens is 3. The Hall–Kier alpha value is -2.53. The summed E-state index contributed by atoms with van der Waals surface area (Å²) in [7, 11) is 2.08. The number of alkyl halides is 3. The zero-order valence-electron chi connectivity index (χ0n) is 16.9. The van der Waals surface area contributed by atoms with Gasteiger partial charge in [-0.2, -0.15) is 13.2 Å². The molecule has 1 amide bonds. The van der Waals surface area contributed by atoms with Gasteiger partial charge in [0.25, 0.3) is 0 Å². The van der Waals surface area contributed by atoms with Crippen molar-refractivity contribution in [2.75, 3.05) is 45.8 Å². The molecule has 1 aromatic carbocycles. The van der Waals surface area contributed by atoms with E-state index < -0.39 is 11.9 Å². The lowest BCUT2D eigenvalue weighted by Crippen LogP contribution is -3.12. The van der Waals surface area contributed by atoms with E-state index in [1.54, 1.807) is 23.1 Å². The molecule has 1 N–H and O–H groups in total. The van der Waals surface area contributed by atoms with Gasteiger partial charge in [0.1, 0.15) is 5.69 Å². The van der Waals surface area contributed by atoms with Gasteiger partial charge in [-0.1, -0.05) is 11.8 Å². The Balaban J connectivity index is 1.48. The molecule has 0 spiro atoms. The lowest BCUT2D eigenvalue weighted by atomic mass is 10.1. The summed E-state index contributed by atoms with van der Waals surface area (Å²) in [5, 5.41) is -0.0156. The van der Waals surface area contributed by atoms with Gasteiger partial charge >= 0.3 is 6.18 Å². The molecule has 7 nitrogen and oxygen atoms in total. The standard InChI is InChI=1S/C20H21F3N4O3S/c1-26-5-7-27(8-6-26)18(28)4-9-31-19-24-14(11-17(25-19)20(21,22)23)13-2-3-15-16(10-13)30-12-29-15/h2-3,10-11H,4-9,12H2,1H3/p+1. The molecule has 0 bridgehead atoms. The molecule has 4 rings (SSSR count). The number of nitrogens with one attached hydrogen (secondary N) is 1. The molecule has 2 aromatic rings. The Bertz CT molecular complexity index is 965. The number of ether oxygens (including phenoxy) is 2. The fourth-order valence-electron chi connectivity index (χ4n) is 3.36. The predicted octanol–water partition coefficient (Wildman–Crippen LogP) is 1.73. The van der Waals surface area contributed by atoms with E-state index in [0.717, 1.165) is 30.9 Å². The predicted molar refractivity (Wildman–Crippen MR) is 107 cm³/mol. The normalized spacial score (nSPS) is 16.6. The van der Waals surface area contributed by atoms with Gasteiger partial charge in [0.15, 0.2) is 16.7 Å². The number of rotatable bonds is 5. The molecule has 166 valence electrons. The number of nitrogens with zero attached hydrogens (tertiary/aromatic N) is 3. The summed E-state index contributed by atoms with van der Waals surface area (Å²) in [5.41, 5.74) is -0.419. The van der Waals surface area contributed by atoms with Crippen molar-refractivity contribution in [2.24, 2.45) is 0 Å². The summed E-state index contributed by atoms with van der Waals surface area (Å²) in [6.07, 6.45) is -4.38. The first-order valence-electron chi connectivity index (χ1n) is 9.88. The van der Waals surface area contributed by atoms with Crippen LogP contribution in [0.4, 0.5) is 13.2 Å². The Morgan fingerprint density at radius 2 is 1.90 bits per heavy atom. The van der Waals surface area contributed by atoms with Gasteiger partial charge in [0, 0.05) is 17.7 Å². The van der Waals surface area contributed by atoms with E-state index >= 15 is 0 Å². The van der Waals surface area contributed by atoms with Crippen molar-refractivity contribution in [3.8, 4) is 22.8 Å². The Morgan fingerprint density at radius 1 is 1.16 bits per heavy atom. The summed E-state index contributed by atoms with van der Waals surface area (Å²) < 4.78 is 50.8. The molecule has 1 aromatic heterocycles. The quantitative estimate of drug-likeness (QED) is 0.547. The number of aromatic nitrogens is 2. The summed E-state index contributed by atoms with van der Waals surface area (Å²) in [4.78, 5) is 23.5. The zero-order chi connectivity index (χ0) is 22.0. The van der Waals surface area contributed by atoms with Gasteiger partial charge in [-0.15, -0.1) is 0 Å². The summed E-state index contributed by atoms with van der Waals surface area (Å²) in [5.74, 6) is 1.30. The SMILES string of the molecule is C[NH+]1CCN(C(=O)CCSc2nc(-c3ccc4c(c3)OCO4)cc(C(F)(F)F)n2)CC1. The Morgan fingerprint density at radius 3 is 2.65 bits per heavy atom. The highest BCUT2D eigenvalue weighted by molar-refractivity contribution is 7.99. The van der Waals surface area contributed by atoms with Crippen LogP contribution in [-0.2, 0) is 11.0 Å². The van der Waals surface area contributed by atoms with Crippen LogP contribution in [0.5, 0.6) is 11.5 Å². The second kappa shape index (κ2) is 8.91. The first-order valence-corrected chi connectivity index (χ1v) is 10.9. The average Bonchev–Trinajstić information content (AvgIpc) is 3.21. The van der Waals surface area contributed by atoms with Crippen LogP contribution in [0.3, 0.4) is 0 Å². The van der Waals surface area contributed by atoms with Crippen LogP contribution < -0.4 is 14.4 Å². The van der Waals surface area contributed by atoms with Gasteiger partial charge in [-0.05, 0) is 24.3 Å². The van der Waals surface area contributed by atoms with Crippen molar-refractivity contribution in [3.63, 3.8) is 0 Å². The van der Waals surface area contributed by atoms with E-state index in [1.165, 1.54) is 4.90 Å². The molecule has 3 heterocycles. The van der Waals surface area contributed by atoms with E-state index in [1.807, 2.05) is 0 Å². The third-order valence-electron chi connectivity index (χ3n) is 5.18. The number of hydrogen-bond acceptors (Lipinski definition) is 6. The van der Waals surface area contributed by atoms with Gasteiger partial charge in [0.05, 0.1) is 38.9 Å². The maximum Gasteiger partial charge on any atom is 0.433 e. The number of carbonyl (C=O) groups excluding carboxylic acids is 1. The Kier molecular flexibility index (Phi) is 6.24. The van der Waals surface area contributed by atoms with E-state index in [2.05, 4.69) is 17.0 Å². The van der Waals surface area contributed by atoms with Crippen molar-refractivity contribution in [2.45, 2.75) is 17.8 Å². The molecule has 11 heteroatoms. The molecule has 0 aliphatic carbocycles. The minimum Gasteiger partial charge on any atom is -0.454 e. The van der Waals surface area contributed by atoms with Crippen molar-refractivity contribution in [1.82, 2.24) is 14.9 Å². The summed E-state index contributed by atoms with van der Waals surface area (Å²) >= 11 is 1.05. The van der Waals surface area contributed by atoms with Crippen LogP contribution >= 0.6 is 11.8 Å². The number of likely N-dealkylation sites (N-methyl/N-ethyl adjacent to an activating group) is 1. The summed E-state index contributed by atoms with van der Waals surface area (Å²) in [6.45, 7) is 3.26. The zero-order valence-corrected chi connectivity index (χ0v) is 17.7. The number of fused-ring (bicyclic) bond motifs is 1. The van der Waals surface area contributed by atoms with Crippen molar-refractivity contribution in [1.29, 1.82) is 0 Å². The number of hydrogen-bond donors (Lipinski definition) is 1. The van der Waals surface area contributed by atoms with Crippen molar-refractivity contribution < 1.29 is 32.3 Å². The fourth-order valence-corrected chi connectivity index (χ4v) is 4.15. The first kappa shape index (κ1) is 21.7. The topological polar surface area (TPSA) is 69.0 Å². The van der Waals surface area contributed by atoms with Gasteiger partial charge in [-0.3, -0.25) is 4.79 Å². The third kappa shape index (κ3) is 5.21. The average molecular weight is 455 g/mol. The number of amides is 1. The van der Waals surface area contributed by atoms with Crippen molar-refractivity contribution >= 4 is 17.7 Å². The molecule has 2 aliphatic rings. The van der Waals surface area contributed by atoms with E-state index in [-0.39, 0.29) is 30.0 Å². The van der Waals surface area contributed by atoms with Gasteiger partial charge in [-0.25, -0.2) is 9.97 Å². The monoisotopic (exact) mass is 455 g/mol. The number of carbonyl (C=O) groups is 1. The van der Waals surface area contributed by atoms with Crippen LogP contribution in [0.2, 0.25) is 0 Å². The molecule has 0 saturated carbocycles. The van der Waals surface area contributed by atoms with Gasteiger partial charge < -0.3 is 19.3 Å². The molecule has 2 aliphatic heterocycles. The molecule has 1 saturated heterocycles. The fraction of sp³-hybridized carbons (Fsp3) is 0.450. The van der Waals surface area contributed by atoms with Crippen LogP contribution in [0.15, 0.2) is 29.4 Å². The van der Waals surface area contributed by atoms with E-state index in [9.17, 15) is 18.0 Å². The minimum absolute atomic E-state index is 0.00275. The highest BCUT2D eigenvalue weighted by Gasteiger charge is 2.34. The highest BCUT2D eigenvalue weighted by atomic mass is 32.2. The largest absolute Gasteiger partial charge is 0.454 e. The van der Waals surface area contributed by atoms with Crippen molar-refractivity contribution in [3.05, 3.63) is 30.0 Å². The molecule has 0 unspecified atom stereocenters. The number of quaternary nitrogens is 1. The third-order valence-corrected chi connectivity index (χ3v) is 6.03. The lowest BCUT2D eigenvalue weighted by Gasteiger charge is -2.30. The second-order valence-electron chi connectivity index (χ2n) is 7.42. The first-order chi connectivity index (χ1) is 14.8. The smallest absolute Gasteiger partial charge is 0.433 e. The highest BCUT2D eigenvalue weighted by Crippen LogP contribution is 2.37. The molecular formula is C20H22F3N4O3S+. The van der Waals surface area contributed by atoms with Crippen LogP contribution in [0.1, 0.15) is 12.1 Å². The van der Waals surface area contributed by atoms with Gasteiger partial charge in [0.2, 0.25) is 12.7 Å². The number of thioether (sulfide) groups is 1. The molecule has 1 fully saturated rings. The number of piperazine rings is 1. The maximum absolute atomic E-state index is 13.4. The van der Waals surface area contributed by atoms with E-state index in [4.69, 9.17) is 9.47 Å². The molecule has 0 radical (unpaired) electrons. The van der Waals surface area contributed by atoms with E-state index in [0.29, 0.717) is 35.9 Å².